The SMILES string of the molecule is C=CCCCCCNC1CCOC(C)C1. The molecule has 0 saturated carbocycles. The molecular formula is C13H25NO. The zero-order valence-electron chi connectivity index (χ0n) is 10.0. The molecule has 0 aromatic rings. The van der Waals surface area contributed by atoms with Crippen LogP contribution in [0.1, 0.15) is 45.4 Å². The zero-order chi connectivity index (χ0) is 10.9. The lowest BCUT2D eigenvalue weighted by atomic mass is 10.0. The normalized spacial score (nSPS) is 26.5. The number of rotatable bonds is 7. The van der Waals surface area contributed by atoms with Crippen LogP contribution in [-0.4, -0.2) is 25.3 Å². The molecule has 1 fully saturated rings. The number of allylic oxidation sites excluding steroid dienone is 1. The van der Waals surface area contributed by atoms with Crippen LogP contribution in [0.3, 0.4) is 0 Å². The Bertz CT molecular complexity index is 170. The minimum absolute atomic E-state index is 0.442. The molecule has 1 aliphatic rings. The molecule has 0 radical (unpaired) electrons. The van der Waals surface area contributed by atoms with Crippen LogP contribution < -0.4 is 5.32 Å². The second kappa shape index (κ2) is 7.89. The number of unbranched alkanes of at least 4 members (excludes halogenated alkanes) is 3. The fourth-order valence-electron chi connectivity index (χ4n) is 2.08. The molecule has 0 aromatic carbocycles. The van der Waals surface area contributed by atoms with Crippen LogP contribution >= 0.6 is 0 Å². The van der Waals surface area contributed by atoms with E-state index in [-0.39, 0.29) is 0 Å². The highest BCUT2D eigenvalue weighted by Gasteiger charge is 2.17. The Kier molecular flexibility index (Phi) is 6.69. The monoisotopic (exact) mass is 211 g/mol. The second-order valence-corrected chi connectivity index (χ2v) is 4.49. The molecule has 1 saturated heterocycles. The molecule has 15 heavy (non-hydrogen) atoms. The summed E-state index contributed by atoms with van der Waals surface area (Å²) in [6, 6.07) is 0.688. The topological polar surface area (TPSA) is 21.3 Å². The Morgan fingerprint density at radius 1 is 1.40 bits per heavy atom. The van der Waals surface area contributed by atoms with Crippen LogP contribution in [0.2, 0.25) is 0 Å². The molecule has 2 nitrogen and oxygen atoms in total. The van der Waals surface area contributed by atoms with Gasteiger partial charge in [0.15, 0.2) is 0 Å². The largest absolute Gasteiger partial charge is 0.378 e. The zero-order valence-corrected chi connectivity index (χ0v) is 10.0. The van der Waals surface area contributed by atoms with E-state index in [2.05, 4.69) is 18.8 Å². The lowest BCUT2D eigenvalue weighted by Gasteiger charge is -2.28. The van der Waals surface area contributed by atoms with Gasteiger partial charge >= 0.3 is 0 Å². The first-order valence-corrected chi connectivity index (χ1v) is 6.29. The first-order valence-electron chi connectivity index (χ1n) is 6.29. The molecule has 0 amide bonds. The van der Waals surface area contributed by atoms with E-state index >= 15 is 0 Å². The van der Waals surface area contributed by atoms with Gasteiger partial charge in [0.2, 0.25) is 0 Å². The smallest absolute Gasteiger partial charge is 0.0561 e. The van der Waals surface area contributed by atoms with Crippen molar-refractivity contribution in [2.45, 2.75) is 57.6 Å². The van der Waals surface area contributed by atoms with Crippen LogP contribution in [0, 0.1) is 0 Å². The molecule has 0 bridgehead atoms. The predicted octanol–water partition coefficient (Wildman–Crippen LogP) is 2.89. The van der Waals surface area contributed by atoms with Crippen LogP contribution in [-0.2, 0) is 4.74 Å². The van der Waals surface area contributed by atoms with Gasteiger partial charge < -0.3 is 10.1 Å². The standard InChI is InChI=1S/C13H25NO/c1-3-4-5-6-7-9-14-13-8-10-15-12(2)11-13/h3,12-14H,1,4-11H2,2H3. The van der Waals surface area contributed by atoms with E-state index in [1.54, 1.807) is 0 Å². The number of ether oxygens (including phenoxy) is 1. The highest BCUT2D eigenvalue weighted by molar-refractivity contribution is 4.74. The molecule has 0 spiro atoms. The van der Waals surface area contributed by atoms with Gasteiger partial charge in [0.25, 0.3) is 0 Å². The van der Waals surface area contributed by atoms with Gasteiger partial charge in [-0.2, -0.15) is 0 Å². The van der Waals surface area contributed by atoms with Gasteiger partial charge in [-0.05, 0) is 45.6 Å². The molecule has 2 heteroatoms. The highest BCUT2D eigenvalue weighted by Crippen LogP contribution is 2.13. The molecule has 2 atom stereocenters. The average Bonchev–Trinajstić information content (AvgIpc) is 2.23. The van der Waals surface area contributed by atoms with E-state index in [1.165, 1.54) is 32.1 Å². The maximum absolute atomic E-state index is 5.52. The van der Waals surface area contributed by atoms with Crippen LogP contribution in [0.15, 0.2) is 12.7 Å². The highest BCUT2D eigenvalue weighted by atomic mass is 16.5. The second-order valence-electron chi connectivity index (χ2n) is 4.49. The average molecular weight is 211 g/mol. The number of nitrogens with one attached hydrogen (secondary N) is 1. The maximum Gasteiger partial charge on any atom is 0.0561 e. The van der Waals surface area contributed by atoms with Crippen molar-refractivity contribution in [3.8, 4) is 0 Å². The Hall–Kier alpha value is -0.340. The van der Waals surface area contributed by atoms with E-state index < -0.39 is 0 Å². The Labute approximate surface area is 94.1 Å². The molecule has 1 aliphatic heterocycles. The summed E-state index contributed by atoms with van der Waals surface area (Å²) in [7, 11) is 0. The first-order chi connectivity index (χ1) is 7.33. The van der Waals surface area contributed by atoms with Gasteiger partial charge in [0.05, 0.1) is 6.10 Å². The van der Waals surface area contributed by atoms with Crippen molar-refractivity contribution in [2.75, 3.05) is 13.2 Å². The summed E-state index contributed by atoms with van der Waals surface area (Å²) in [4.78, 5) is 0. The predicted molar refractivity (Wildman–Crippen MR) is 65.1 cm³/mol. The maximum atomic E-state index is 5.52. The summed E-state index contributed by atoms with van der Waals surface area (Å²) in [5, 5.41) is 3.62. The summed E-state index contributed by atoms with van der Waals surface area (Å²) >= 11 is 0. The summed E-state index contributed by atoms with van der Waals surface area (Å²) in [6.45, 7) is 7.98. The number of hydrogen-bond donors (Lipinski definition) is 1. The minimum Gasteiger partial charge on any atom is -0.378 e. The van der Waals surface area contributed by atoms with Crippen molar-refractivity contribution in [3.63, 3.8) is 0 Å². The van der Waals surface area contributed by atoms with Crippen molar-refractivity contribution >= 4 is 0 Å². The third-order valence-electron chi connectivity index (χ3n) is 3.00. The summed E-state index contributed by atoms with van der Waals surface area (Å²) < 4.78 is 5.52. The minimum atomic E-state index is 0.442. The molecular weight excluding hydrogens is 186 g/mol. The Morgan fingerprint density at radius 2 is 2.27 bits per heavy atom. The van der Waals surface area contributed by atoms with Crippen molar-refractivity contribution in [1.82, 2.24) is 5.32 Å². The van der Waals surface area contributed by atoms with E-state index in [0.717, 1.165) is 19.6 Å². The quantitative estimate of drug-likeness (QED) is 0.516. The third-order valence-corrected chi connectivity index (χ3v) is 3.00. The van der Waals surface area contributed by atoms with E-state index in [0.29, 0.717) is 12.1 Å². The van der Waals surface area contributed by atoms with Crippen molar-refractivity contribution in [1.29, 1.82) is 0 Å². The van der Waals surface area contributed by atoms with E-state index in [9.17, 15) is 0 Å². The lowest BCUT2D eigenvalue weighted by Crippen LogP contribution is -2.38. The molecule has 1 heterocycles. The van der Waals surface area contributed by atoms with Crippen molar-refractivity contribution < 1.29 is 4.74 Å². The number of hydrogen-bond acceptors (Lipinski definition) is 2. The fourth-order valence-corrected chi connectivity index (χ4v) is 2.08. The molecule has 0 aliphatic carbocycles. The van der Waals surface area contributed by atoms with Crippen molar-refractivity contribution in [3.05, 3.63) is 12.7 Å². The van der Waals surface area contributed by atoms with E-state index in [4.69, 9.17) is 4.74 Å². The van der Waals surface area contributed by atoms with E-state index in [1.807, 2.05) is 6.08 Å². The lowest BCUT2D eigenvalue weighted by molar-refractivity contribution is 0.0134. The van der Waals surface area contributed by atoms with Crippen molar-refractivity contribution in [2.24, 2.45) is 0 Å². The summed E-state index contributed by atoms with van der Waals surface area (Å²) in [5.41, 5.74) is 0. The van der Waals surface area contributed by atoms with Gasteiger partial charge in [0, 0.05) is 12.6 Å². The van der Waals surface area contributed by atoms with Gasteiger partial charge in [-0.25, -0.2) is 0 Å². The molecule has 1 N–H and O–H groups in total. The Balaban J connectivity index is 1.92. The van der Waals surface area contributed by atoms with Gasteiger partial charge in [0.1, 0.15) is 0 Å². The van der Waals surface area contributed by atoms with Gasteiger partial charge in [-0.15, -0.1) is 6.58 Å². The fraction of sp³-hybridized carbons (Fsp3) is 0.846. The van der Waals surface area contributed by atoms with Crippen LogP contribution in [0.25, 0.3) is 0 Å². The first kappa shape index (κ1) is 12.7. The molecule has 2 unspecified atom stereocenters. The molecule has 88 valence electrons. The Morgan fingerprint density at radius 3 is 3.00 bits per heavy atom. The molecule has 0 aromatic heterocycles. The third kappa shape index (κ3) is 5.95. The summed E-state index contributed by atoms with van der Waals surface area (Å²) in [5.74, 6) is 0. The van der Waals surface area contributed by atoms with Crippen LogP contribution in [0.4, 0.5) is 0 Å². The van der Waals surface area contributed by atoms with Gasteiger partial charge in [-0.1, -0.05) is 12.5 Å². The van der Waals surface area contributed by atoms with Crippen LogP contribution in [0.5, 0.6) is 0 Å². The summed E-state index contributed by atoms with van der Waals surface area (Å²) in [6.07, 6.45) is 9.86. The van der Waals surface area contributed by atoms with Gasteiger partial charge in [-0.3, -0.25) is 0 Å². The molecule has 1 rings (SSSR count).